The first-order valence-electron chi connectivity index (χ1n) is 7.81. The number of piperidine rings is 1. The predicted octanol–water partition coefficient (Wildman–Crippen LogP) is 5.60. The second-order valence-electron chi connectivity index (χ2n) is 5.97. The molecule has 1 saturated heterocycles. The molecule has 27 heavy (non-hydrogen) atoms. The van der Waals surface area contributed by atoms with Crippen molar-refractivity contribution in [1.82, 2.24) is 0 Å². The van der Waals surface area contributed by atoms with Crippen LogP contribution in [0.15, 0.2) is 0 Å². The predicted molar refractivity (Wildman–Crippen MR) is 77.6 cm³/mol. The molecule has 1 aliphatic rings. The van der Waals surface area contributed by atoms with E-state index in [4.69, 9.17) is 0 Å². The largest absolute Gasteiger partial charge is 0.368 e. The van der Waals surface area contributed by atoms with E-state index in [9.17, 15) is 39.5 Å². The lowest BCUT2D eigenvalue weighted by Crippen LogP contribution is -2.31. The number of benzene rings is 2. The maximum Gasteiger partial charge on any atom is 0.200 e. The first kappa shape index (κ1) is 19.4. The maximum absolute atomic E-state index is 14.4. The molecule has 1 aliphatic heterocycles. The average molecular weight is 399 g/mol. The van der Waals surface area contributed by atoms with E-state index in [0.29, 0.717) is 19.3 Å². The Kier molecular flexibility index (Phi) is 5.00. The molecule has 0 N–H and O–H groups in total. The molecule has 0 bridgehead atoms. The van der Waals surface area contributed by atoms with Gasteiger partial charge in [0.2, 0.25) is 5.82 Å². The smallest absolute Gasteiger partial charge is 0.200 e. The second-order valence-corrected chi connectivity index (χ2v) is 5.97. The van der Waals surface area contributed by atoms with Crippen molar-refractivity contribution >= 4 is 5.69 Å². The Balaban J connectivity index is 2.44. The fraction of sp³-hybridized carbons (Fsp3) is 0.294. The molecule has 146 valence electrons. The zero-order chi connectivity index (χ0) is 20.0. The van der Waals surface area contributed by atoms with E-state index in [1.165, 1.54) is 0 Å². The van der Waals surface area contributed by atoms with Crippen LogP contribution in [0.25, 0.3) is 11.1 Å². The molecule has 1 fully saturated rings. The molecule has 2 aromatic rings. The molecule has 0 aromatic heterocycles. The zero-order valence-corrected chi connectivity index (χ0v) is 13.4. The minimum Gasteiger partial charge on any atom is -0.368 e. The molecule has 0 atom stereocenters. The maximum atomic E-state index is 14.4. The van der Waals surface area contributed by atoms with E-state index in [1.807, 2.05) is 0 Å². The highest BCUT2D eigenvalue weighted by Crippen LogP contribution is 2.43. The molecule has 0 amide bonds. The van der Waals surface area contributed by atoms with E-state index in [-0.39, 0.29) is 13.1 Å². The molecule has 0 unspecified atom stereocenters. The van der Waals surface area contributed by atoms with E-state index >= 15 is 0 Å². The van der Waals surface area contributed by atoms with Crippen molar-refractivity contribution < 1.29 is 39.5 Å². The molecular weight excluding hydrogens is 389 g/mol. The first-order valence-corrected chi connectivity index (χ1v) is 7.81. The highest BCUT2D eigenvalue weighted by Gasteiger charge is 2.36. The van der Waals surface area contributed by atoms with Gasteiger partial charge in [0.25, 0.3) is 0 Å². The summed E-state index contributed by atoms with van der Waals surface area (Å²) in [5.74, 6) is -21.2. The average Bonchev–Trinajstić information content (AvgIpc) is 2.68. The van der Waals surface area contributed by atoms with Crippen molar-refractivity contribution in [2.24, 2.45) is 0 Å². The first-order chi connectivity index (χ1) is 12.7. The van der Waals surface area contributed by atoms with E-state index in [0.717, 1.165) is 4.90 Å². The van der Waals surface area contributed by atoms with Crippen molar-refractivity contribution in [3.05, 3.63) is 52.4 Å². The van der Waals surface area contributed by atoms with Crippen molar-refractivity contribution in [3.63, 3.8) is 0 Å². The number of nitrogens with zero attached hydrogens (tertiary/aromatic N) is 1. The summed E-state index contributed by atoms with van der Waals surface area (Å²) in [5, 5.41) is 0. The fourth-order valence-corrected chi connectivity index (χ4v) is 3.09. The van der Waals surface area contributed by atoms with Crippen LogP contribution >= 0.6 is 0 Å². The Morgan fingerprint density at radius 1 is 0.407 bits per heavy atom. The van der Waals surface area contributed by atoms with E-state index in [2.05, 4.69) is 0 Å². The standard InChI is InChI=1S/C17H10F9N/c18-8-6(9(19)12(22)14(24)11(8)21)7-10(20)13(23)15(25)16(26)17(7)27-4-2-1-3-5-27/h1-5H2. The van der Waals surface area contributed by atoms with Crippen LogP contribution in [0.1, 0.15) is 19.3 Å². The van der Waals surface area contributed by atoms with Crippen molar-refractivity contribution in [2.75, 3.05) is 18.0 Å². The topological polar surface area (TPSA) is 3.24 Å². The van der Waals surface area contributed by atoms with Gasteiger partial charge in [0.1, 0.15) is 0 Å². The van der Waals surface area contributed by atoms with Gasteiger partial charge in [0.05, 0.1) is 16.8 Å². The van der Waals surface area contributed by atoms with Crippen LogP contribution in [0.3, 0.4) is 0 Å². The van der Waals surface area contributed by atoms with Gasteiger partial charge < -0.3 is 4.90 Å². The highest BCUT2D eigenvalue weighted by molar-refractivity contribution is 5.81. The number of hydrogen-bond donors (Lipinski definition) is 0. The van der Waals surface area contributed by atoms with E-state index < -0.39 is 69.2 Å². The van der Waals surface area contributed by atoms with Crippen LogP contribution in [-0.4, -0.2) is 13.1 Å². The Bertz CT molecular complexity index is 891. The van der Waals surface area contributed by atoms with Gasteiger partial charge in [0.15, 0.2) is 46.5 Å². The lowest BCUT2D eigenvalue weighted by atomic mass is 9.97. The molecule has 0 saturated carbocycles. The lowest BCUT2D eigenvalue weighted by Gasteiger charge is -2.31. The monoisotopic (exact) mass is 399 g/mol. The van der Waals surface area contributed by atoms with Crippen LogP contribution in [0.5, 0.6) is 0 Å². The fourth-order valence-electron chi connectivity index (χ4n) is 3.09. The van der Waals surface area contributed by atoms with Crippen molar-refractivity contribution in [3.8, 4) is 11.1 Å². The molecule has 0 spiro atoms. The normalized spacial score (nSPS) is 14.8. The summed E-state index contributed by atoms with van der Waals surface area (Å²) >= 11 is 0. The lowest BCUT2D eigenvalue weighted by molar-refractivity contribution is 0.379. The Morgan fingerprint density at radius 3 is 1.26 bits per heavy atom. The molecular formula is C17H10F9N. The molecule has 1 heterocycles. The minimum atomic E-state index is -2.52. The van der Waals surface area contributed by atoms with Gasteiger partial charge in [-0.25, -0.2) is 39.5 Å². The number of halogens is 9. The second kappa shape index (κ2) is 6.97. The summed E-state index contributed by atoms with van der Waals surface area (Å²) in [6.07, 6.45) is 1.50. The van der Waals surface area contributed by atoms with Crippen LogP contribution in [0, 0.1) is 52.4 Å². The summed E-state index contributed by atoms with van der Waals surface area (Å²) in [5.41, 5.74) is -4.50. The van der Waals surface area contributed by atoms with Crippen LogP contribution < -0.4 is 4.90 Å². The van der Waals surface area contributed by atoms with Gasteiger partial charge in [-0.3, -0.25) is 0 Å². The summed E-state index contributed by atoms with van der Waals surface area (Å²) in [6, 6.07) is 0. The summed E-state index contributed by atoms with van der Waals surface area (Å²) in [7, 11) is 0. The third kappa shape index (κ3) is 2.90. The van der Waals surface area contributed by atoms with Gasteiger partial charge >= 0.3 is 0 Å². The van der Waals surface area contributed by atoms with E-state index in [1.54, 1.807) is 0 Å². The summed E-state index contributed by atoms with van der Waals surface area (Å²) in [4.78, 5) is 0.984. The Morgan fingerprint density at radius 2 is 0.778 bits per heavy atom. The summed E-state index contributed by atoms with van der Waals surface area (Å²) in [6.45, 7) is -0.0202. The van der Waals surface area contributed by atoms with Gasteiger partial charge in [0, 0.05) is 13.1 Å². The van der Waals surface area contributed by atoms with Gasteiger partial charge in [-0.15, -0.1) is 0 Å². The third-order valence-electron chi connectivity index (χ3n) is 4.37. The van der Waals surface area contributed by atoms with Crippen LogP contribution in [0.2, 0.25) is 0 Å². The number of rotatable bonds is 2. The molecule has 2 aromatic carbocycles. The SMILES string of the molecule is Fc1c(F)c(F)c(-c2c(F)c(F)c(F)c(F)c2N2CCCCC2)c(F)c1F. The Labute approximate surface area is 147 Å². The molecule has 0 radical (unpaired) electrons. The molecule has 3 rings (SSSR count). The van der Waals surface area contributed by atoms with Crippen LogP contribution in [-0.2, 0) is 0 Å². The zero-order valence-electron chi connectivity index (χ0n) is 13.4. The molecule has 1 nitrogen and oxygen atoms in total. The highest BCUT2D eigenvalue weighted by atomic mass is 19.2. The third-order valence-corrected chi connectivity index (χ3v) is 4.37. The number of hydrogen-bond acceptors (Lipinski definition) is 1. The quantitative estimate of drug-likeness (QED) is 0.361. The van der Waals surface area contributed by atoms with Crippen molar-refractivity contribution in [1.29, 1.82) is 0 Å². The number of anilines is 1. The Hall–Kier alpha value is -2.39. The van der Waals surface area contributed by atoms with Gasteiger partial charge in [-0.05, 0) is 19.3 Å². The van der Waals surface area contributed by atoms with Gasteiger partial charge in [-0.2, -0.15) is 0 Å². The molecule has 0 aliphatic carbocycles. The minimum absolute atomic E-state index is 0.0101. The molecule has 10 heteroatoms. The van der Waals surface area contributed by atoms with Crippen molar-refractivity contribution in [2.45, 2.75) is 19.3 Å². The van der Waals surface area contributed by atoms with Crippen LogP contribution in [0.4, 0.5) is 45.2 Å². The summed E-state index contributed by atoms with van der Waals surface area (Å²) < 4.78 is 125. The van der Waals surface area contributed by atoms with Gasteiger partial charge in [-0.1, -0.05) is 0 Å².